The molecule has 0 aliphatic rings. The standard InChI is InChI=1S/C6H7.3C3H8N.Zr/c1-6-4-2-3-5-6;3*1-3-4-2;/h2-5H,1H3;3*3H2,1-2H3;/q4*-1;+4. The summed E-state index contributed by atoms with van der Waals surface area (Å²) in [6.45, 7) is 11.0. The molecule has 0 unspecified atom stereocenters. The van der Waals surface area contributed by atoms with E-state index in [1.165, 1.54) is 5.56 Å². The minimum Gasteiger partial charge on any atom is -0.665 e. The first-order valence-corrected chi connectivity index (χ1v) is 6.49. The van der Waals surface area contributed by atoms with Crippen LogP contribution in [-0.4, -0.2) is 40.8 Å². The van der Waals surface area contributed by atoms with Gasteiger partial charge in [-0.25, -0.2) is 12.1 Å². The molecule has 0 N–H and O–H groups in total. The van der Waals surface area contributed by atoms with Gasteiger partial charge in [-0.05, 0) is 0 Å². The number of hydrogen-bond acceptors (Lipinski definition) is 0. The average Bonchev–Trinajstić information content (AvgIpc) is 2.90. The second-order valence-electron chi connectivity index (χ2n) is 3.36. The Balaban J connectivity index is -0.0000000796. The van der Waals surface area contributed by atoms with Crippen molar-refractivity contribution in [1.29, 1.82) is 0 Å². The number of rotatable bonds is 3. The molecule has 19 heavy (non-hydrogen) atoms. The fourth-order valence-electron chi connectivity index (χ4n) is 0.470. The van der Waals surface area contributed by atoms with E-state index in [0.29, 0.717) is 0 Å². The molecule has 1 aromatic carbocycles. The SMILES string of the molecule is CC[N-]C.CC[N-]C.CC[N-]C.C[c-]1cccc1.[Zr+4]. The second-order valence-corrected chi connectivity index (χ2v) is 3.36. The van der Waals surface area contributed by atoms with E-state index in [0.717, 1.165) is 19.6 Å². The third kappa shape index (κ3) is 46.0. The Hall–Kier alpha value is 0.113. The van der Waals surface area contributed by atoms with E-state index in [9.17, 15) is 0 Å². The van der Waals surface area contributed by atoms with Crippen LogP contribution in [0, 0.1) is 6.92 Å². The van der Waals surface area contributed by atoms with Crippen LogP contribution in [0.5, 0.6) is 0 Å². The van der Waals surface area contributed by atoms with E-state index >= 15 is 0 Å². The molecule has 1 rings (SSSR count). The third-order valence-electron chi connectivity index (χ3n) is 1.78. The van der Waals surface area contributed by atoms with E-state index in [-0.39, 0.29) is 26.2 Å². The minimum atomic E-state index is 0. The maximum absolute atomic E-state index is 3.74. The van der Waals surface area contributed by atoms with Crippen molar-refractivity contribution >= 4 is 0 Å². The first kappa shape index (κ1) is 27.5. The van der Waals surface area contributed by atoms with Crippen LogP contribution in [0.1, 0.15) is 26.3 Å². The van der Waals surface area contributed by atoms with Crippen molar-refractivity contribution in [2.24, 2.45) is 0 Å². The molecule has 110 valence electrons. The zero-order chi connectivity index (χ0) is 14.6. The summed E-state index contributed by atoms with van der Waals surface area (Å²) in [6.07, 6.45) is 0. The van der Waals surface area contributed by atoms with Gasteiger partial charge in [0.15, 0.2) is 0 Å². The summed E-state index contributed by atoms with van der Waals surface area (Å²) in [5.74, 6) is 0. The van der Waals surface area contributed by atoms with Gasteiger partial charge in [0.25, 0.3) is 0 Å². The van der Waals surface area contributed by atoms with Crippen LogP contribution in [-0.2, 0) is 26.2 Å². The van der Waals surface area contributed by atoms with Crippen LogP contribution in [0.3, 0.4) is 0 Å². The Labute approximate surface area is 140 Å². The van der Waals surface area contributed by atoms with Gasteiger partial charge in [0.2, 0.25) is 0 Å². The fraction of sp³-hybridized carbons (Fsp3) is 0.667. The molecule has 1 aromatic rings. The largest absolute Gasteiger partial charge is 4.00 e. The Morgan fingerprint density at radius 2 is 0.947 bits per heavy atom. The van der Waals surface area contributed by atoms with Crippen molar-refractivity contribution in [2.45, 2.75) is 27.7 Å². The van der Waals surface area contributed by atoms with Gasteiger partial charge >= 0.3 is 26.2 Å². The molecular formula is C15H31N3Zr. The van der Waals surface area contributed by atoms with Crippen molar-refractivity contribution < 1.29 is 26.2 Å². The van der Waals surface area contributed by atoms with Crippen LogP contribution in [0.25, 0.3) is 16.0 Å². The molecule has 0 aromatic heterocycles. The van der Waals surface area contributed by atoms with Gasteiger partial charge in [0.1, 0.15) is 0 Å². The quantitative estimate of drug-likeness (QED) is 0.711. The van der Waals surface area contributed by atoms with Gasteiger partial charge in [-0.3, -0.25) is 0 Å². The molecule has 0 fully saturated rings. The monoisotopic (exact) mass is 343 g/mol. The Morgan fingerprint density at radius 3 is 1.00 bits per heavy atom. The Morgan fingerprint density at radius 1 is 0.737 bits per heavy atom. The van der Waals surface area contributed by atoms with Crippen molar-refractivity contribution in [3.63, 3.8) is 0 Å². The summed E-state index contributed by atoms with van der Waals surface area (Å²) in [4.78, 5) is 0. The first-order chi connectivity index (χ1) is 8.64. The van der Waals surface area contributed by atoms with Crippen molar-refractivity contribution in [1.82, 2.24) is 0 Å². The number of hydrogen-bond donors (Lipinski definition) is 0. The van der Waals surface area contributed by atoms with Crippen LogP contribution >= 0.6 is 0 Å². The Kier molecular flexibility index (Phi) is 44.6. The van der Waals surface area contributed by atoms with Gasteiger partial charge in [0.05, 0.1) is 0 Å². The van der Waals surface area contributed by atoms with Crippen LogP contribution in [0.4, 0.5) is 0 Å². The first-order valence-electron chi connectivity index (χ1n) is 6.49. The average molecular weight is 345 g/mol. The van der Waals surface area contributed by atoms with Gasteiger partial charge in [0, 0.05) is 0 Å². The number of aryl methyl sites for hydroxylation is 1. The molecule has 0 saturated carbocycles. The summed E-state index contributed by atoms with van der Waals surface area (Å²) in [5.41, 5.74) is 1.34. The summed E-state index contributed by atoms with van der Waals surface area (Å²) in [7, 11) is 5.42. The molecule has 0 saturated heterocycles. The van der Waals surface area contributed by atoms with E-state index in [4.69, 9.17) is 0 Å². The van der Waals surface area contributed by atoms with Crippen molar-refractivity contribution in [2.75, 3.05) is 40.8 Å². The third-order valence-corrected chi connectivity index (χ3v) is 1.78. The Bertz CT molecular complexity index is 174. The molecule has 0 bridgehead atoms. The summed E-state index contributed by atoms with van der Waals surface area (Å²) in [6, 6.07) is 8.24. The summed E-state index contributed by atoms with van der Waals surface area (Å²) in [5, 5.41) is 11.2. The van der Waals surface area contributed by atoms with Gasteiger partial charge in [-0.1, -0.05) is 27.7 Å². The van der Waals surface area contributed by atoms with E-state index in [1.54, 1.807) is 21.1 Å². The summed E-state index contributed by atoms with van der Waals surface area (Å²) >= 11 is 0. The zero-order valence-corrected chi connectivity index (χ0v) is 16.2. The number of nitrogens with zero attached hydrogens (tertiary/aromatic N) is 3. The van der Waals surface area contributed by atoms with E-state index in [2.05, 4.69) is 35.0 Å². The minimum absolute atomic E-state index is 0. The maximum atomic E-state index is 3.74. The smallest absolute Gasteiger partial charge is 0.665 e. The predicted molar refractivity (Wildman–Crippen MR) is 86.2 cm³/mol. The summed E-state index contributed by atoms with van der Waals surface area (Å²) < 4.78 is 0. The van der Waals surface area contributed by atoms with E-state index in [1.807, 2.05) is 32.9 Å². The van der Waals surface area contributed by atoms with Gasteiger partial charge in [-0.15, -0.1) is 0 Å². The molecular weight excluding hydrogens is 313 g/mol. The zero-order valence-electron chi connectivity index (χ0n) is 13.8. The predicted octanol–water partition coefficient (Wildman–Crippen LogP) is 4.74. The van der Waals surface area contributed by atoms with Gasteiger partial charge < -0.3 is 16.0 Å². The second kappa shape index (κ2) is 30.8. The van der Waals surface area contributed by atoms with Crippen LogP contribution in [0.15, 0.2) is 24.3 Å². The molecule has 0 aliphatic carbocycles. The fourth-order valence-corrected chi connectivity index (χ4v) is 0.470. The molecule has 0 amide bonds. The van der Waals surface area contributed by atoms with Crippen molar-refractivity contribution in [3.8, 4) is 0 Å². The molecule has 0 aliphatic heterocycles. The molecule has 4 heteroatoms. The normalized spacial score (nSPS) is 7.53. The molecule has 0 radical (unpaired) electrons. The van der Waals surface area contributed by atoms with Crippen molar-refractivity contribution in [3.05, 3.63) is 45.8 Å². The molecule has 0 atom stereocenters. The van der Waals surface area contributed by atoms with E-state index < -0.39 is 0 Å². The maximum Gasteiger partial charge on any atom is 4.00 e. The molecule has 0 heterocycles. The topological polar surface area (TPSA) is 42.3 Å². The molecule has 3 nitrogen and oxygen atoms in total. The molecule has 0 spiro atoms. The van der Waals surface area contributed by atoms with Gasteiger partial charge in [-0.2, -0.15) is 58.5 Å². The van der Waals surface area contributed by atoms with Crippen LogP contribution in [0.2, 0.25) is 0 Å². The van der Waals surface area contributed by atoms with Crippen LogP contribution < -0.4 is 0 Å².